The molecule has 1 aliphatic rings. The van der Waals surface area contributed by atoms with Gasteiger partial charge in [0.15, 0.2) is 0 Å². The van der Waals surface area contributed by atoms with Gasteiger partial charge < -0.3 is 14.5 Å². The van der Waals surface area contributed by atoms with Crippen LogP contribution >= 0.6 is 0 Å². The lowest BCUT2D eigenvalue weighted by Gasteiger charge is -2.35. The van der Waals surface area contributed by atoms with Crippen molar-refractivity contribution in [3.05, 3.63) is 41.5 Å². The Bertz CT molecular complexity index is 716. The second kappa shape index (κ2) is 8.02. The van der Waals surface area contributed by atoms with E-state index in [9.17, 15) is 22.8 Å². The maximum Gasteiger partial charge on any atom is 0.416 e. The van der Waals surface area contributed by atoms with Gasteiger partial charge in [-0.15, -0.1) is 0 Å². The number of carbonyl (C=O) groups excluding carboxylic acids is 2. The Morgan fingerprint density at radius 2 is 1.63 bits per heavy atom. The maximum atomic E-state index is 12.7. The minimum absolute atomic E-state index is 0.297. The number of benzene rings is 1. The Morgan fingerprint density at radius 1 is 1.04 bits per heavy atom. The van der Waals surface area contributed by atoms with E-state index >= 15 is 0 Å². The molecule has 1 fully saturated rings. The van der Waals surface area contributed by atoms with Gasteiger partial charge in [-0.1, -0.05) is 12.1 Å². The highest BCUT2D eigenvalue weighted by Gasteiger charge is 2.30. The van der Waals surface area contributed by atoms with Crippen LogP contribution in [-0.2, 0) is 15.7 Å². The fourth-order valence-electron chi connectivity index (χ4n) is 2.53. The van der Waals surface area contributed by atoms with Crippen molar-refractivity contribution in [1.82, 2.24) is 9.80 Å². The molecule has 1 saturated heterocycles. The summed E-state index contributed by atoms with van der Waals surface area (Å²) in [7, 11) is 0. The van der Waals surface area contributed by atoms with Crippen LogP contribution in [0.4, 0.5) is 18.0 Å². The minimum Gasteiger partial charge on any atom is -0.444 e. The summed E-state index contributed by atoms with van der Waals surface area (Å²) < 4.78 is 43.5. The highest BCUT2D eigenvalue weighted by atomic mass is 19.4. The Labute approximate surface area is 156 Å². The van der Waals surface area contributed by atoms with Gasteiger partial charge in [-0.3, -0.25) is 4.79 Å². The molecule has 27 heavy (non-hydrogen) atoms. The van der Waals surface area contributed by atoms with Crippen molar-refractivity contribution in [2.75, 3.05) is 26.2 Å². The zero-order valence-electron chi connectivity index (χ0n) is 15.5. The van der Waals surface area contributed by atoms with E-state index in [1.807, 2.05) is 0 Å². The van der Waals surface area contributed by atoms with Crippen LogP contribution in [0.5, 0.6) is 0 Å². The highest BCUT2D eigenvalue weighted by molar-refractivity contribution is 5.92. The number of hydrogen-bond acceptors (Lipinski definition) is 3. The molecule has 2 rings (SSSR count). The molecule has 2 amide bonds. The molecule has 0 radical (unpaired) electrons. The number of alkyl halides is 3. The predicted molar refractivity (Wildman–Crippen MR) is 94.9 cm³/mol. The number of halogens is 3. The third-order valence-corrected chi connectivity index (χ3v) is 3.88. The molecule has 1 aromatic rings. The molecule has 0 unspecified atom stereocenters. The standard InChI is InChI=1S/C19H23F3N2O3/c1-18(2,3)27-17(26)24-11-9-23(10-12-24)16(25)8-7-14-5-4-6-15(13-14)19(20,21)22/h4-8,13H,9-12H2,1-3H3/b8-7+. The van der Waals surface area contributed by atoms with Gasteiger partial charge in [0.25, 0.3) is 0 Å². The fraction of sp³-hybridized carbons (Fsp3) is 0.474. The molecular formula is C19H23F3N2O3. The molecule has 5 nitrogen and oxygen atoms in total. The van der Waals surface area contributed by atoms with Gasteiger partial charge in [-0.2, -0.15) is 13.2 Å². The van der Waals surface area contributed by atoms with Crippen LogP contribution in [0.2, 0.25) is 0 Å². The first-order chi connectivity index (χ1) is 12.5. The van der Waals surface area contributed by atoms with Crippen LogP contribution in [0.1, 0.15) is 31.9 Å². The van der Waals surface area contributed by atoms with E-state index in [0.29, 0.717) is 31.7 Å². The van der Waals surface area contributed by atoms with Crippen molar-refractivity contribution in [3.8, 4) is 0 Å². The molecule has 0 N–H and O–H groups in total. The zero-order valence-corrected chi connectivity index (χ0v) is 15.5. The largest absolute Gasteiger partial charge is 0.444 e. The van der Waals surface area contributed by atoms with Gasteiger partial charge in [0.1, 0.15) is 5.60 Å². The summed E-state index contributed by atoms with van der Waals surface area (Å²) in [6.07, 6.45) is -2.24. The Kier molecular flexibility index (Phi) is 6.18. The van der Waals surface area contributed by atoms with Gasteiger partial charge in [-0.05, 0) is 44.5 Å². The van der Waals surface area contributed by atoms with Crippen LogP contribution < -0.4 is 0 Å². The molecule has 0 spiro atoms. The van der Waals surface area contributed by atoms with Crippen molar-refractivity contribution in [2.24, 2.45) is 0 Å². The summed E-state index contributed by atoms with van der Waals surface area (Å²) in [6.45, 7) is 6.71. The van der Waals surface area contributed by atoms with Gasteiger partial charge in [0, 0.05) is 32.3 Å². The smallest absolute Gasteiger partial charge is 0.416 e. The Morgan fingerprint density at radius 3 is 2.19 bits per heavy atom. The summed E-state index contributed by atoms with van der Waals surface area (Å²) in [5, 5.41) is 0. The molecule has 0 bridgehead atoms. The van der Waals surface area contributed by atoms with Gasteiger partial charge in [0.05, 0.1) is 5.56 Å². The first-order valence-corrected chi connectivity index (χ1v) is 8.58. The van der Waals surface area contributed by atoms with Crippen molar-refractivity contribution < 1.29 is 27.5 Å². The van der Waals surface area contributed by atoms with E-state index in [-0.39, 0.29) is 5.91 Å². The average molecular weight is 384 g/mol. The van der Waals surface area contributed by atoms with E-state index in [1.165, 1.54) is 29.2 Å². The number of hydrogen-bond donors (Lipinski definition) is 0. The fourth-order valence-corrected chi connectivity index (χ4v) is 2.53. The lowest BCUT2D eigenvalue weighted by molar-refractivity contribution is -0.137. The summed E-state index contributed by atoms with van der Waals surface area (Å²) >= 11 is 0. The normalized spacial score (nSPS) is 15.9. The van der Waals surface area contributed by atoms with Crippen LogP contribution in [0, 0.1) is 0 Å². The zero-order chi connectivity index (χ0) is 20.2. The lowest BCUT2D eigenvalue weighted by Crippen LogP contribution is -2.51. The number of carbonyl (C=O) groups is 2. The molecular weight excluding hydrogens is 361 g/mol. The second-order valence-electron chi connectivity index (χ2n) is 7.25. The van der Waals surface area contributed by atoms with E-state index < -0.39 is 23.4 Å². The highest BCUT2D eigenvalue weighted by Crippen LogP contribution is 2.29. The monoisotopic (exact) mass is 384 g/mol. The minimum atomic E-state index is -4.42. The van der Waals surface area contributed by atoms with Crippen LogP contribution in [-0.4, -0.2) is 53.6 Å². The number of rotatable bonds is 2. The lowest BCUT2D eigenvalue weighted by atomic mass is 10.1. The molecule has 8 heteroatoms. The summed E-state index contributed by atoms with van der Waals surface area (Å²) in [5.74, 6) is -0.309. The third-order valence-electron chi connectivity index (χ3n) is 3.88. The molecule has 0 aliphatic carbocycles. The topological polar surface area (TPSA) is 49.9 Å². The van der Waals surface area contributed by atoms with Gasteiger partial charge in [-0.25, -0.2) is 4.79 Å². The summed E-state index contributed by atoms with van der Waals surface area (Å²) in [5.41, 5.74) is -1.05. The van der Waals surface area contributed by atoms with Crippen molar-refractivity contribution in [3.63, 3.8) is 0 Å². The molecule has 1 aromatic carbocycles. The molecule has 148 valence electrons. The van der Waals surface area contributed by atoms with Crippen LogP contribution in [0.15, 0.2) is 30.3 Å². The third kappa shape index (κ3) is 6.30. The Balaban J connectivity index is 1.91. The molecule has 0 saturated carbocycles. The molecule has 0 aromatic heterocycles. The predicted octanol–water partition coefficient (Wildman–Crippen LogP) is 3.80. The van der Waals surface area contributed by atoms with E-state index in [4.69, 9.17) is 4.74 Å². The van der Waals surface area contributed by atoms with Gasteiger partial charge >= 0.3 is 12.3 Å². The first kappa shape index (κ1) is 20.8. The van der Waals surface area contributed by atoms with Crippen molar-refractivity contribution in [2.45, 2.75) is 32.5 Å². The first-order valence-electron chi connectivity index (χ1n) is 8.58. The molecule has 0 atom stereocenters. The quantitative estimate of drug-likeness (QED) is 0.729. The number of piperazine rings is 1. The van der Waals surface area contributed by atoms with E-state index in [2.05, 4.69) is 0 Å². The van der Waals surface area contributed by atoms with Crippen molar-refractivity contribution in [1.29, 1.82) is 0 Å². The average Bonchev–Trinajstić information content (AvgIpc) is 2.58. The number of nitrogens with zero attached hydrogens (tertiary/aromatic N) is 2. The number of amides is 2. The Hall–Kier alpha value is -2.51. The van der Waals surface area contributed by atoms with E-state index in [1.54, 1.807) is 25.7 Å². The number of ether oxygens (including phenoxy) is 1. The SMILES string of the molecule is CC(C)(C)OC(=O)N1CCN(C(=O)/C=C/c2cccc(C(F)(F)F)c2)CC1. The maximum absolute atomic E-state index is 12.7. The summed E-state index contributed by atoms with van der Waals surface area (Å²) in [4.78, 5) is 27.3. The van der Waals surface area contributed by atoms with Crippen LogP contribution in [0.3, 0.4) is 0 Å². The summed E-state index contributed by atoms with van der Waals surface area (Å²) in [6, 6.07) is 4.77. The molecule has 1 aliphatic heterocycles. The molecule has 1 heterocycles. The van der Waals surface area contributed by atoms with Crippen LogP contribution in [0.25, 0.3) is 6.08 Å². The second-order valence-corrected chi connectivity index (χ2v) is 7.25. The van der Waals surface area contributed by atoms with Crippen molar-refractivity contribution >= 4 is 18.1 Å². The van der Waals surface area contributed by atoms with E-state index in [0.717, 1.165) is 12.1 Å². The van der Waals surface area contributed by atoms with Gasteiger partial charge in [0.2, 0.25) is 5.91 Å².